The molecule has 1 unspecified atom stereocenters. The first kappa shape index (κ1) is 6.33. The molecule has 0 saturated heterocycles. The van der Waals surface area contributed by atoms with Crippen LogP contribution in [0.4, 0.5) is 0 Å². The molecular weight excluding hydrogens is 116 g/mol. The van der Waals surface area contributed by atoms with Gasteiger partial charge in [-0.1, -0.05) is 6.92 Å². The second kappa shape index (κ2) is 2.21. The van der Waals surface area contributed by atoms with Crippen molar-refractivity contribution >= 4 is 5.78 Å². The zero-order valence-electron chi connectivity index (χ0n) is 5.42. The van der Waals surface area contributed by atoms with Crippen molar-refractivity contribution < 1.29 is 9.90 Å². The van der Waals surface area contributed by atoms with E-state index in [0.717, 1.165) is 6.42 Å². The van der Waals surface area contributed by atoms with Gasteiger partial charge in [0, 0.05) is 6.42 Å². The van der Waals surface area contributed by atoms with Crippen LogP contribution in [0.3, 0.4) is 0 Å². The fourth-order valence-electron chi connectivity index (χ4n) is 0.931. The molecule has 0 heterocycles. The minimum Gasteiger partial charge on any atom is -0.505 e. The lowest BCUT2D eigenvalue weighted by Crippen LogP contribution is -2.12. The van der Waals surface area contributed by atoms with Crippen LogP contribution >= 0.6 is 0 Å². The molecule has 2 heteroatoms. The first-order valence-electron chi connectivity index (χ1n) is 3.12. The molecule has 1 rings (SSSR count). The summed E-state index contributed by atoms with van der Waals surface area (Å²) in [5.74, 6) is 0.246. The average Bonchev–Trinajstić information content (AvgIpc) is 1.80. The molecule has 2 nitrogen and oxygen atoms in total. The monoisotopic (exact) mass is 126 g/mol. The van der Waals surface area contributed by atoms with E-state index < -0.39 is 0 Å². The van der Waals surface area contributed by atoms with Crippen LogP contribution in [0.25, 0.3) is 0 Å². The molecule has 1 N–H and O–H groups in total. The van der Waals surface area contributed by atoms with Gasteiger partial charge in [0.05, 0.1) is 0 Å². The SMILES string of the molecule is CC1CC=C(O)C(=O)C1. The van der Waals surface area contributed by atoms with Crippen molar-refractivity contribution in [3.05, 3.63) is 11.8 Å². The van der Waals surface area contributed by atoms with Gasteiger partial charge >= 0.3 is 0 Å². The molecular formula is C7H10O2. The Labute approximate surface area is 54.2 Å². The van der Waals surface area contributed by atoms with E-state index in [1.165, 1.54) is 0 Å². The highest BCUT2D eigenvalue weighted by Gasteiger charge is 2.16. The zero-order chi connectivity index (χ0) is 6.85. The van der Waals surface area contributed by atoms with Gasteiger partial charge in [-0.2, -0.15) is 0 Å². The maximum Gasteiger partial charge on any atom is 0.197 e. The van der Waals surface area contributed by atoms with Crippen molar-refractivity contribution in [2.45, 2.75) is 19.8 Å². The van der Waals surface area contributed by atoms with Crippen LogP contribution < -0.4 is 0 Å². The Morgan fingerprint density at radius 3 is 2.89 bits per heavy atom. The number of carbonyl (C=O) groups excluding carboxylic acids is 1. The molecule has 0 aromatic carbocycles. The van der Waals surface area contributed by atoms with Crippen LogP contribution in [0.15, 0.2) is 11.8 Å². The number of allylic oxidation sites excluding steroid dienone is 2. The summed E-state index contributed by atoms with van der Waals surface area (Å²) < 4.78 is 0. The predicted molar refractivity (Wildman–Crippen MR) is 34.1 cm³/mol. The molecule has 9 heavy (non-hydrogen) atoms. The number of Topliss-reactive ketones (excluding diaryl/α,β-unsaturated/α-hetero) is 1. The van der Waals surface area contributed by atoms with E-state index in [4.69, 9.17) is 5.11 Å². The quantitative estimate of drug-likeness (QED) is 0.533. The number of carbonyl (C=O) groups is 1. The number of hydrogen-bond donors (Lipinski definition) is 1. The topological polar surface area (TPSA) is 37.3 Å². The van der Waals surface area contributed by atoms with Crippen molar-refractivity contribution in [2.75, 3.05) is 0 Å². The van der Waals surface area contributed by atoms with Crippen molar-refractivity contribution in [3.63, 3.8) is 0 Å². The van der Waals surface area contributed by atoms with Gasteiger partial charge in [-0.3, -0.25) is 4.79 Å². The molecule has 1 aliphatic rings. The fourth-order valence-corrected chi connectivity index (χ4v) is 0.931. The Balaban J connectivity index is 2.68. The third-order valence-corrected chi connectivity index (χ3v) is 1.53. The number of aliphatic hydroxyl groups excluding tert-OH is 1. The summed E-state index contributed by atoms with van der Waals surface area (Å²) in [6, 6.07) is 0. The second-order valence-electron chi connectivity index (χ2n) is 2.56. The molecule has 50 valence electrons. The molecule has 0 aliphatic heterocycles. The van der Waals surface area contributed by atoms with Crippen LogP contribution in [-0.4, -0.2) is 10.9 Å². The normalized spacial score (nSPS) is 27.9. The maximum absolute atomic E-state index is 10.7. The average molecular weight is 126 g/mol. The van der Waals surface area contributed by atoms with E-state index in [1.807, 2.05) is 6.92 Å². The van der Waals surface area contributed by atoms with E-state index in [-0.39, 0.29) is 11.5 Å². The first-order chi connectivity index (χ1) is 4.20. The molecule has 0 saturated carbocycles. The van der Waals surface area contributed by atoms with Gasteiger partial charge in [-0.25, -0.2) is 0 Å². The fraction of sp³-hybridized carbons (Fsp3) is 0.571. The lowest BCUT2D eigenvalue weighted by atomic mass is 9.94. The third kappa shape index (κ3) is 1.31. The molecule has 0 radical (unpaired) electrons. The van der Waals surface area contributed by atoms with E-state index >= 15 is 0 Å². The molecule has 0 aromatic rings. The van der Waals surface area contributed by atoms with E-state index in [0.29, 0.717) is 12.3 Å². The summed E-state index contributed by atoms with van der Waals surface area (Å²) in [4.78, 5) is 10.7. The molecule has 0 fully saturated rings. The van der Waals surface area contributed by atoms with Crippen molar-refractivity contribution in [1.82, 2.24) is 0 Å². The molecule has 1 atom stereocenters. The largest absolute Gasteiger partial charge is 0.505 e. The van der Waals surface area contributed by atoms with Crippen molar-refractivity contribution in [2.24, 2.45) is 5.92 Å². The van der Waals surface area contributed by atoms with Crippen LogP contribution in [0.5, 0.6) is 0 Å². The van der Waals surface area contributed by atoms with Gasteiger partial charge in [0.15, 0.2) is 11.5 Å². The highest BCUT2D eigenvalue weighted by molar-refractivity contribution is 5.93. The van der Waals surface area contributed by atoms with E-state index in [1.54, 1.807) is 6.08 Å². The Bertz CT molecular complexity index is 158. The van der Waals surface area contributed by atoms with Crippen molar-refractivity contribution in [1.29, 1.82) is 0 Å². The molecule has 0 bridgehead atoms. The van der Waals surface area contributed by atoms with Gasteiger partial charge in [-0.05, 0) is 18.4 Å². The second-order valence-corrected chi connectivity index (χ2v) is 2.56. The van der Waals surface area contributed by atoms with Crippen LogP contribution in [0.2, 0.25) is 0 Å². The van der Waals surface area contributed by atoms with Gasteiger partial charge < -0.3 is 5.11 Å². The lowest BCUT2D eigenvalue weighted by molar-refractivity contribution is -0.119. The zero-order valence-corrected chi connectivity index (χ0v) is 5.42. The summed E-state index contributed by atoms with van der Waals surface area (Å²) >= 11 is 0. The number of hydrogen-bond acceptors (Lipinski definition) is 2. The first-order valence-corrected chi connectivity index (χ1v) is 3.12. The Hall–Kier alpha value is -0.790. The smallest absolute Gasteiger partial charge is 0.197 e. The molecule has 1 aliphatic carbocycles. The van der Waals surface area contributed by atoms with Gasteiger partial charge in [0.2, 0.25) is 0 Å². The van der Waals surface area contributed by atoms with Gasteiger partial charge in [0.1, 0.15) is 0 Å². The Kier molecular flexibility index (Phi) is 1.56. The summed E-state index contributed by atoms with van der Waals surface area (Å²) in [6.07, 6.45) is 2.93. The third-order valence-electron chi connectivity index (χ3n) is 1.53. The highest BCUT2D eigenvalue weighted by Crippen LogP contribution is 2.17. The van der Waals surface area contributed by atoms with Crippen LogP contribution in [0, 0.1) is 5.92 Å². The van der Waals surface area contributed by atoms with Gasteiger partial charge in [0.25, 0.3) is 0 Å². The summed E-state index contributed by atoms with van der Waals surface area (Å²) in [6.45, 7) is 2.00. The van der Waals surface area contributed by atoms with E-state index in [9.17, 15) is 4.79 Å². The maximum atomic E-state index is 10.7. The lowest BCUT2D eigenvalue weighted by Gasteiger charge is -2.12. The van der Waals surface area contributed by atoms with Crippen LogP contribution in [0.1, 0.15) is 19.8 Å². The minimum absolute atomic E-state index is 0.0481. The molecule has 0 aromatic heterocycles. The van der Waals surface area contributed by atoms with Gasteiger partial charge in [-0.15, -0.1) is 0 Å². The predicted octanol–water partition coefficient (Wildman–Crippen LogP) is 1.43. The summed E-state index contributed by atoms with van der Waals surface area (Å²) in [7, 11) is 0. The molecule has 0 spiro atoms. The summed E-state index contributed by atoms with van der Waals surface area (Å²) in [5.41, 5.74) is 0. The summed E-state index contributed by atoms with van der Waals surface area (Å²) in [5, 5.41) is 8.81. The highest BCUT2D eigenvalue weighted by atomic mass is 16.3. The number of aliphatic hydroxyl groups is 1. The Morgan fingerprint density at radius 2 is 2.44 bits per heavy atom. The minimum atomic E-state index is -0.117. The number of rotatable bonds is 0. The van der Waals surface area contributed by atoms with E-state index in [2.05, 4.69) is 0 Å². The van der Waals surface area contributed by atoms with Crippen molar-refractivity contribution in [3.8, 4) is 0 Å². The standard InChI is InChI=1S/C7H10O2/c1-5-2-3-6(8)7(9)4-5/h3,5,8H,2,4H2,1H3. The Morgan fingerprint density at radius 1 is 1.78 bits per heavy atom. The number of ketones is 1. The van der Waals surface area contributed by atoms with Crippen LogP contribution in [-0.2, 0) is 4.79 Å². The molecule has 0 amide bonds.